The van der Waals surface area contributed by atoms with Gasteiger partial charge in [-0.1, -0.05) is 12.1 Å². The van der Waals surface area contributed by atoms with Crippen LogP contribution >= 0.6 is 11.8 Å². The van der Waals surface area contributed by atoms with E-state index in [1.54, 1.807) is 24.0 Å². The molecule has 2 unspecified atom stereocenters. The van der Waals surface area contributed by atoms with Gasteiger partial charge in [-0.2, -0.15) is 11.8 Å². The van der Waals surface area contributed by atoms with Gasteiger partial charge in [0.2, 0.25) is 0 Å². The summed E-state index contributed by atoms with van der Waals surface area (Å²) in [4.78, 5) is 4.06. The molecule has 0 amide bonds. The highest BCUT2D eigenvalue weighted by atomic mass is 32.2. The molecule has 3 nitrogen and oxygen atoms in total. The Kier molecular flexibility index (Phi) is 4.61. The van der Waals surface area contributed by atoms with E-state index in [2.05, 4.69) is 10.3 Å². The first-order valence-corrected chi connectivity index (χ1v) is 7.39. The molecule has 102 valence electrons. The molecule has 0 saturated heterocycles. The molecule has 2 atom stereocenters. The average Bonchev–Trinajstić information content (AvgIpc) is 2.41. The molecule has 0 aliphatic carbocycles. The van der Waals surface area contributed by atoms with Crippen molar-refractivity contribution in [2.75, 3.05) is 18.2 Å². The number of fused-ring (bicyclic) bond motifs is 1. The van der Waals surface area contributed by atoms with Gasteiger partial charge in [-0.3, -0.25) is 4.98 Å². The molecule has 0 spiro atoms. The molecule has 0 fully saturated rings. The number of aromatic nitrogens is 1. The van der Waals surface area contributed by atoms with Crippen LogP contribution < -0.4 is 5.32 Å². The Morgan fingerprint density at radius 3 is 2.89 bits per heavy atom. The first-order chi connectivity index (χ1) is 9.17. The number of benzene rings is 1. The third kappa shape index (κ3) is 2.98. The summed E-state index contributed by atoms with van der Waals surface area (Å²) in [5, 5.41) is 13.5. The van der Waals surface area contributed by atoms with Gasteiger partial charge in [0.05, 0.1) is 6.61 Å². The van der Waals surface area contributed by atoms with Crippen molar-refractivity contribution in [3.8, 4) is 0 Å². The van der Waals surface area contributed by atoms with Crippen LogP contribution in [0, 0.1) is 5.82 Å². The number of anilines is 1. The Balaban J connectivity index is 2.33. The fraction of sp³-hybridized carbons (Fsp3) is 0.357. The monoisotopic (exact) mass is 280 g/mol. The van der Waals surface area contributed by atoms with Gasteiger partial charge in [0, 0.05) is 28.6 Å². The molecule has 0 aliphatic heterocycles. The molecule has 2 N–H and O–H groups in total. The van der Waals surface area contributed by atoms with Crippen molar-refractivity contribution in [2.24, 2.45) is 0 Å². The van der Waals surface area contributed by atoms with Crippen molar-refractivity contribution in [3.05, 3.63) is 36.3 Å². The maximum Gasteiger partial charge on any atom is 0.149 e. The van der Waals surface area contributed by atoms with Crippen LogP contribution in [0.15, 0.2) is 30.5 Å². The molecule has 1 aromatic heterocycles. The lowest BCUT2D eigenvalue weighted by Gasteiger charge is -2.23. The van der Waals surface area contributed by atoms with Crippen LogP contribution in [-0.4, -0.2) is 34.2 Å². The second-order valence-corrected chi connectivity index (χ2v) is 5.46. The van der Waals surface area contributed by atoms with Gasteiger partial charge in [-0.05, 0) is 25.3 Å². The summed E-state index contributed by atoms with van der Waals surface area (Å²) < 4.78 is 13.7. The van der Waals surface area contributed by atoms with Gasteiger partial charge in [0.15, 0.2) is 0 Å². The SMILES string of the molecule is CSC(CO)C(C)Nc1ccnc2c(F)cccc12. The predicted molar refractivity (Wildman–Crippen MR) is 79.2 cm³/mol. The first-order valence-electron chi connectivity index (χ1n) is 6.10. The maximum atomic E-state index is 13.7. The molecule has 5 heteroatoms. The quantitative estimate of drug-likeness (QED) is 0.884. The van der Waals surface area contributed by atoms with Crippen molar-refractivity contribution in [1.29, 1.82) is 0 Å². The number of para-hydroxylation sites is 1. The number of hydrogen-bond acceptors (Lipinski definition) is 4. The van der Waals surface area contributed by atoms with Crippen molar-refractivity contribution in [2.45, 2.75) is 18.2 Å². The van der Waals surface area contributed by atoms with E-state index in [0.29, 0.717) is 5.52 Å². The number of aliphatic hydroxyl groups excluding tert-OH is 1. The Morgan fingerprint density at radius 1 is 1.42 bits per heavy atom. The lowest BCUT2D eigenvalue weighted by atomic mass is 10.1. The largest absolute Gasteiger partial charge is 0.395 e. The number of thioether (sulfide) groups is 1. The van der Waals surface area contributed by atoms with Crippen LogP contribution in [0.25, 0.3) is 10.9 Å². The van der Waals surface area contributed by atoms with Crippen LogP contribution in [0.5, 0.6) is 0 Å². The topological polar surface area (TPSA) is 45.1 Å². The van der Waals surface area contributed by atoms with E-state index < -0.39 is 0 Å². The second-order valence-electron chi connectivity index (χ2n) is 4.38. The Bertz CT molecular complexity index is 560. The van der Waals surface area contributed by atoms with Crippen LogP contribution in [-0.2, 0) is 0 Å². The van der Waals surface area contributed by atoms with Crippen LogP contribution in [0.1, 0.15) is 6.92 Å². The normalized spacial score (nSPS) is 14.3. The van der Waals surface area contributed by atoms with Gasteiger partial charge >= 0.3 is 0 Å². The van der Waals surface area contributed by atoms with E-state index in [0.717, 1.165) is 11.1 Å². The van der Waals surface area contributed by atoms with Gasteiger partial charge in [0.25, 0.3) is 0 Å². The molecular weight excluding hydrogens is 263 g/mol. The smallest absolute Gasteiger partial charge is 0.149 e. The maximum absolute atomic E-state index is 13.7. The lowest BCUT2D eigenvalue weighted by molar-refractivity contribution is 0.288. The Hall–Kier alpha value is -1.33. The molecule has 1 aromatic carbocycles. The summed E-state index contributed by atoms with van der Waals surface area (Å²) >= 11 is 1.60. The average molecular weight is 280 g/mol. The number of hydrogen-bond donors (Lipinski definition) is 2. The van der Waals surface area contributed by atoms with Crippen LogP contribution in [0.3, 0.4) is 0 Å². The van der Waals surface area contributed by atoms with Crippen molar-refractivity contribution < 1.29 is 9.50 Å². The number of rotatable bonds is 5. The molecule has 2 aromatic rings. The molecule has 19 heavy (non-hydrogen) atoms. The zero-order chi connectivity index (χ0) is 13.8. The number of nitrogens with one attached hydrogen (secondary N) is 1. The zero-order valence-corrected chi connectivity index (χ0v) is 11.7. The number of nitrogens with zero attached hydrogens (tertiary/aromatic N) is 1. The summed E-state index contributed by atoms with van der Waals surface area (Å²) in [7, 11) is 0. The van der Waals surface area contributed by atoms with E-state index in [4.69, 9.17) is 0 Å². The van der Waals surface area contributed by atoms with E-state index in [-0.39, 0.29) is 23.7 Å². The standard InChI is InChI=1S/C14H17FN2OS/c1-9(13(8-18)19-2)17-12-6-7-16-14-10(12)4-3-5-11(14)15/h3-7,9,13,18H,8H2,1-2H3,(H,16,17). The van der Waals surface area contributed by atoms with Crippen molar-refractivity contribution >= 4 is 28.4 Å². The third-order valence-electron chi connectivity index (χ3n) is 3.15. The fourth-order valence-corrected chi connectivity index (χ4v) is 2.67. The molecule has 0 aliphatic rings. The zero-order valence-electron chi connectivity index (χ0n) is 10.9. The lowest BCUT2D eigenvalue weighted by Crippen LogP contribution is -2.31. The van der Waals surface area contributed by atoms with E-state index in [1.165, 1.54) is 6.07 Å². The van der Waals surface area contributed by atoms with E-state index >= 15 is 0 Å². The Morgan fingerprint density at radius 2 is 2.21 bits per heavy atom. The Labute approximate surface area is 116 Å². The van der Waals surface area contributed by atoms with Crippen LogP contribution in [0.4, 0.5) is 10.1 Å². The number of pyridine rings is 1. The summed E-state index contributed by atoms with van der Waals surface area (Å²) in [6.45, 7) is 2.11. The molecular formula is C14H17FN2OS. The minimum atomic E-state index is -0.322. The van der Waals surface area contributed by atoms with E-state index in [9.17, 15) is 9.50 Å². The fourth-order valence-electron chi connectivity index (χ4n) is 2.04. The third-order valence-corrected chi connectivity index (χ3v) is 4.31. The minimum Gasteiger partial charge on any atom is -0.395 e. The minimum absolute atomic E-state index is 0.0777. The molecule has 0 bridgehead atoms. The molecule has 0 saturated carbocycles. The molecule has 0 radical (unpaired) electrons. The van der Waals surface area contributed by atoms with Gasteiger partial charge in [0.1, 0.15) is 11.3 Å². The summed E-state index contributed by atoms with van der Waals surface area (Å²) in [6, 6.07) is 6.82. The number of halogens is 1. The predicted octanol–water partition coefficient (Wildman–Crippen LogP) is 2.90. The van der Waals surface area contributed by atoms with Gasteiger partial charge in [-0.15, -0.1) is 0 Å². The molecule has 2 rings (SSSR count). The highest BCUT2D eigenvalue weighted by molar-refractivity contribution is 7.99. The van der Waals surface area contributed by atoms with Crippen molar-refractivity contribution in [1.82, 2.24) is 4.98 Å². The summed E-state index contributed by atoms with van der Waals surface area (Å²) in [5.41, 5.74) is 1.20. The summed E-state index contributed by atoms with van der Waals surface area (Å²) in [5.74, 6) is -0.322. The van der Waals surface area contributed by atoms with Gasteiger partial charge < -0.3 is 10.4 Å². The van der Waals surface area contributed by atoms with Crippen molar-refractivity contribution in [3.63, 3.8) is 0 Å². The van der Waals surface area contributed by atoms with E-state index in [1.807, 2.05) is 25.3 Å². The highest BCUT2D eigenvalue weighted by Crippen LogP contribution is 2.25. The highest BCUT2D eigenvalue weighted by Gasteiger charge is 2.16. The van der Waals surface area contributed by atoms with Gasteiger partial charge in [-0.25, -0.2) is 4.39 Å². The number of aliphatic hydroxyl groups is 1. The molecule has 1 heterocycles. The second kappa shape index (κ2) is 6.21. The first kappa shape index (κ1) is 14.1. The van der Waals surface area contributed by atoms with Crippen LogP contribution in [0.2, 0.25) is 0 Å². The summed E-state index contributed by atoms with van der Waals surface area (Å²) in [6.07, 6.45) is 3.55.